The van der Waals surface area contributed by atoms with Gasteiger partial charge in [0, 0.05) is 23.5 Å². The zero-order valence-electron chi connectivity index (χ0n) is 21.6. The van der Waals surface area contributed by atoms with Gasteiger partial charge in [0.2, 0.25) is 0 Å². The van der Waals surface area contributed by atoms with E-state index in [1.165, 1.54) is 12.0 Å². The van der Waals surface area contributed by atoms with Crippen molar-refractivity contribution in [1.29, 1.82) is 0 Å². The lowest BCUT2D eigenvalue weighted by Gasteiger charge is -2.19. The zero-order valence-corrected chi connectivity index (χ0v) is 21.6. The summed E-state index contributed by atoms with van der Waals surface area (Å²) in [6.45, 7) is 6.26. The van der Waals surface area contributed by atoms with Gasteiger partial charge in [-0.1, -0.05) is 12.1 Å². The normalized spacial score (nSPS) is 13.6. The molecular weight excluding hydrogens is 488 g/mol. The van der Waals surface area contributed by atoms with Crippen LogP contribution in [0.5, 0.6) is 5.75 Å². The number of hydrogen-bond acceptors (Lipinski definition) is 7. The number of nitrogens with one attached hydrogen (secondary N) is 2. The number of cyclic esters (lactones) is 1. The second-order valence-electron chi connectivity index (χ2n) is 9.38. The van der Waals surface area contributed by atoms with E-state index in [-0.39, 0.29) is 5.96 Å². The standard InChI is InChI=1S/C27H30N6O5/c1-27(2,3)38-25(34)30-19-8-5-17(6-9-19)18-7-12-23(29-16-18)32-24(28)31-21-11-10-20(15-22(21)36-4)33-13-14-37-26(33)35/h5-12,15-16H,13-14H2,1-4H3,(H,30,34)(H3,28,29,31,32). The van der Waals surface area contributed by atoms with E-state index in [0.29, 0.717) is 41.8 Å². The Hall–Kier alpha value is -4.80. The second kappa shape index (κ2) is 11.1. The number of pyridine rings is 1. The first-order valence-electron chi connectivity index (χ1n) is 11.9. The summed E-state index contributed by atoms with van der Waals surface area (Å²) in [4.78, 5) is 34.0. The third-order valence-electron chi connectivity index (χ3n) is 5.37. The van der Waals surface area contributed by atoms with Crippen molar-refractivity contribution >= 4 is 41.0 Å². The number of nitrogens with two attached hydrogens (primary N) is 1. The summed E-state index contributed by atoms with van der Waals surface area (Å²) in [6, 6.07) is 16.2. The summed E-state index contributed by atoms with van der Waals surface area (Å²) in [7, 11) is 1.53. The van der Waals surface area contributed by atoms with Gasteiger partial charge in [0.1, 0.15) is 18.0 Å². The van der Waals surface area contributed by atoms with Gasteiger partial charge >= 0.3 is 12.2 Å². The predicted octanol–water partition coefficient (Wildman–Crippen LogP) is 5.12. The molecule has 0 saturated carbocycles. The smallest absolute Gasteiger partial charge is 0.414 e. The highest BCUT2D eigenvalue weighted by Crippen LogP contribution is 2.31. The van der Waals surface area contributed by atoms with Crippen LogP contribution in [0.15, 0.2) is 65.8 Å². The Morgan fingerprint density at radius 1 is 1.08 bits per heavy atom. The lowest BCUT2D eigenvalue weighted by Crippen LogP contribution is -2.27. The van der Waals surface area contributed by atoms with Crippen LogP contribution in [0.3, 0.4) is 0 Å². The number of amides is 2. The number of anilines is 3. The zero-order chi connectivity index (χ0) is 27.3. The van der Waals surface area contributed by atoms with Gasteiger partial charge in [-0.2, -0.15) is 4.99 Å². The number of ether oxygens (including phenoxy) is 3. The maximum atomic E-state index is 11.9. The molecule has 2 amide bonds. The van der Waals surface area contributed by atoms with Crippen LogP contribution < -0.4 is 26.0 Å². The van der Waals surface area contributed by atoms with Gasteiger partial charge in [0.15, 0.2) is 11.8 Å². The van der Waals surface area contributed by atoms with Gasteiger partial charge in [0.25, 0.3) is 0 Å². The number of hydrogen-bond donors (Lipinski definition) is 3. The molecule has 1 aliphatic heterocycles. The van der Waals surface area contributed by atoms with E-state index in [1.807, 2.05) is 39.0 Å². The third-order valence-corrected chi connectivity index (χ3v) is 5.37. The largest absolute Gasteiger partial charge is 0.494 e. The molecular formula is C27H30N6O5. The van der Waals surface area contributed by atoms with Crippen molar-refractivity contribution in [1.82, 2.24) is 4.98 Å². The van der Waals surface area contributed by atoms with Gasteiger partial charge in [-0.3, -0.25) is 10.2 Å². The van der Waals surface area contributed by atoms with E-state index < -0.39 is 17.8 Å². The number of benzene rings is 2. The summed E-state index contributed by atoms with van der Waals surface area (Å²) < 4.78 is 15.7. The molecule has 2 heterocycles. The molecule has 0 radical (unpaired) electrons. The SMILES string of the molecule is COc1cc(N2CCOC2=O)ccc1NC(N)=Nc1ccc(-c2ccc(NC(=O)OC(C)(C)C)cc2)cn1. The maximum Gasteiger partial charge on any atom is 0.414 e. The van der Waals surface area contributed by atoms with Crippen LogP contribution in [0, 0.1) is 0 Å². The number of aromatic nitrogens is 1. The van der Waals surface area contributed by atoms with E-state index in [1.54, 1.807) is 42.6 Å². The molecule has 1 fully saturated rings. The molecule has 0 atom stereocenters. The molecule has 4 rings (SSSR count). The Morgan fingerprint density at radius 2 is 1.82 bits per heavy atom. The average molecular weight is 519 g/mol. The average Bonchev–Trinajstić information content (AvgIpc) is 3.30. The third kappa shape index (κ3) is 6.69. The van der Waals surface area contributed by atoms with E-state index >= 15 is 0 Å². The molecule has 11 nitrogen and oxygen atoms in total. The van der Waals surface area contributed by atoms with Crippen LogP contribution in [-0.4, -0.2) is 49.0 Å². The molecule has 3 aromatic rings. The van der Waals surface area contributed by atoms with Gasteiger partial charge in [0.05, 0.1) is 25.0 Å². The van der Waals surface area contributed by atoms with Gasteiger partial charge in [-0.25, -0.2) is 14.6 Å². The fourth-order valence-corrected chi connectivity index (χ4v) is 3.66. The molecule has 0 bridgehead atoms. The Balaban J connectivity index is 1.40. The second-order valence-corrected chi connectivity index (χ2v) is 9.38. The van der Waals surface area contributed by atoms with Crippen molar-refractivity contribution in [2.75, 3.05) is 35.8 Å². The van der Waals surface area contributed by atoms with Crippen molar-refractivity contribution in [3.05, 3.63) is 60.8 Å². The minimum atomic E-state index is -0.569. The number of aliphatic imine (C=N–C) groups is 1. The first-order chi connectivity index (χ1) is 18.1. The lowest BCUT2D eigenvalue weighted by molar-refractivity contribution is 0.0636. The molecule has 1 aliphatic rings. The highest BCUT2D eigenvalue weighted by molar-refractivity contribution is 5.96. The Morgan fingerprint density at radius 3 is 2.42 bits per heavy atom. The molecule has 1 aromatic heterocycles. The number of carbonyl (C=O) groups is 2. The van der Waals surface area contributed by atoms with Crippen LogP contribution in [0.25, 0.3) is 11.1 Å². The number of carbonyl (C=O) groups excluding carboxylic acids is 2. The Kier molecular flexibility index (Phi) is 7.66. The molecule has 0 spiro atoms. The Bertz CT molecular complexity index is 1330. The number of guanidine groups is 1. The monoisotopic (exact) mass is 518 g/mol. The fraction of sp³-hybridized carbons (Fsp3) is 0.259. The van der Waals surface area contributed by atoms with Crippen LogP contribution in [0.1, 0.15) is 20.8 Å². The molecule has 2 aromatic carbocycles. The number of methoxy groups -OCH3 is 1. The first-order valence-corrected chi connectivity index (χ1v) is 11.9. The maximum absolute atomic E-state index is 11.9. The van der Waals surface area contributed by atoms with E-state index in [4.69, 9.17) is 19.9 Å². The van der Waals surface area contributed by atoms with Crippen molar-refractivity contribution in [3.63, 3.8) is 0 Å². The van der Waals surface area contributed by atoms with Crippen LogP contribution >= 0.6 is 0 Å². The molecule has 38 heavy (non-hydrogen) atoms. The number of nitrogens with zero attached hydrogens (tertiary/aromatic N) is 3. The van der Waals surface area contributed by atoms with Gasteiger partial charge in [-0.15, -0.1) is 0 Å². The predicted molar refractivity (Wildman–Crippen MR) is 146 cm³/mol. The summed E-state index contributed by atoms with van der Waals surface area (Å²) >= 11 is 0. The lowest BCUT2D eigenvalue weighted by atomic mass is 10.1. The highest BCUT2D eigenvalue weighted by Gasteiger charge is 2.24. The summed E-state index contributed by atoms with van der Waals surface area (Å²) in [5.41, 5.74) is 9.19. The van der Waals surface area contributed by atoms with E-state index in [9.17, 15) is 9.59 Å². The minimum absolute atomic E-state index is 0.120. The van der Waals surface area contributed by atoms with Gasteiger partial charge < -0.3 is 25.3 Å². The van der Waals surface area contributed by atoms with Crippen molar-refractivity contribution in [2.45, 2.75) is 26.4 Å². The highest BCUT2D eigenvalue weighted by atomic mass is 16.6. The summed E-state index contributed by atoms with van der Waals surface area (Å²) in [6.07, 6.45) is 0.786. The topological polar surface area (TPSA) is 140 Å². The molecule has 0 aliphatic carbocycles. The van der Waals surface area contributed by atoms with Crippen molar-refractivity contribution in [3.8, 4) is 16.9 Å². The van der Waals surface area contributed by atoms with Crippen molar-refractivity contribution < 1.29 is 23.8 Å². The quantitative estimate of drug-likeness (QED) is 0.302. The van der Waals surface area contributed by atoms with Crippen molar-refractivity contribution in [2.24, 2.45) is 10.7 Å². The molecule has 0 unspecified atom stereocenters. The summed E-state index contributed by atoms with van der Waals surface area (Å²) in [5.74, 6) is 1.03. The van der Waals surface area contributed by atoms with Gasteiger partial charge in [-0.05, 0) is 62.7 Å². The van der Waals surface area contributed by atoms with E-state index in [0.717, 1.165) is 11.1 Å². The molecule has 11 heteroatoms. The molecule has 1 saturated heterocycles. The first kappa shape index (κ1) is 26.3. The van der Waals surface area contributed by atoms with E-state index in [2.05, 4.69) is 20.6 Å². The molecule has 4 N–H and O–H groups in total. The fourth-order valence-electron chi connectivity index (χ4n) is 3.66. The van der Waals surface area contributed by atoms with Crippen LogP contribution in [0.2, 0.25) is 0 Å². The number of rotatable bonds is 6. The van der Waals surface area contributed by atoms with Crippen LogP contribution in [0.4, 0.5) is 32.5 Å². The minimum Gasteiger partial charge on any atom is -0.494 e. The van der Waals surface area contributed by atoms with Crippen LogP contribution in [-0.2, 0) is 9.47 Å². The summed E-state index contributed by atoms with van der Waals surface area (Å²) in [5, 5.41) is 5.71. The Labute approximate surface area is 220 Å². The molecule has 198 valence electrons.